The molecule has 92 valence electrons. The van der Waals surface area contributed by atoms with E-state index >= 15 is 0 Å². The minimum Gasteiger partial charge on any atom is -0.332 e. The van der Waals surface area contributed by atoms with Crippen molar-refractivity contribution in [2.45, 2.75) is 6.92 Å². The topological polar surface area (TPSA) is 24.1 Å². The first-order valence-electron chi connectivity index (χ1n) is 5.54. The van der Waals surface area contributed by atoms with Crippen LogP contribution in [-0.2, 0) is 0 Å². The maximum absolute atomic E-state index is 13.1. The smallest absolute Gasteiger partial charge is 0.175 e. The molecule has 2 N–H and O–H groups in total. The average Bonchev–Trinajstić information content (AvgIpc) is 2.35. The number of hydrogen-bond donors (Lipinski definition) is 2. The van der Waals surface area contributed by atoms with Gasteiger partial charge in [0.2, 0.25) is 0 Å². The predicted octanol–water partition coefficient (Wildman–Crippen LogP) is 3.94. The van der Waals surface area contributed by atoms with E-state index in [0.717, 1.165) is 11.4 Å². The van der Waals surface area contributed by atoms with E-state index in [0.29, 0.717) is 10.7 Å². The van der Waals surface area contributed by atoms with Gasteiger partial charge in [-0.3, -0.25) is 0 Å². The number of aryl methyl sites for hydroxylation is 1. The Labute approximate surface area is 111 Å². The van der Waals surface area contributed by atoms with Crippen molar-refractivity contribution in [2.24, 2.45) is 0 Å². The highest BCUT2D eigenvalue weighted by Crippen LogP contribution is 2.14. The van der Waals surface area contributed by atoms with Crippen LogP contribution >= 0.6 is 12.2 Å². The molecule has 0 aliphatic rings. The Bertz CT molecular complexity index is 555. The van der Waals surface area contributed by atoms with E-state index < -0.39 is 0 Å². The number of nitrogens with one attached hydrogen (secondary N) is 2. The molecule has 0 bridgehead atoms. The van der Waals surface area contributed by atoms with Gasteiger partial charge in [0.25, 0.3) is 0 Å². The van der Waals surface area contributed by atoms with Crippen molar-refractivity contribution in [1.82, 2.24) is 0 Å². The molecule has 0 amide bonds. The Morgan fingerprint density at radius 1 is 1.00 bits per heavy atom. The number of halogens is 1. The van der Waals surface area contributed by atoms with Gasteiger partial charge in [-0.2, -0.15) is 0 Å². The molecule has 0 aliphatic carbocycles. The average molecular weight is 260 g/mol. The quantitative estimate of drug-likeness (QED) is 0.800. The van der Waals surface area contributed by atoms with E-state index in [9.17, 15) is 4.39 Å². The molecule has 4 heteroatoms. The molecule has 0 aliphatic heterocycles. The number of anilines is 2. The van der Waals surface area contributed by atoms with Crippen molar-refractivity contribution in [2.75, 3.05) is 10.6 Å². The molecule has 0 heterocycles. The van der Waals surface area contributed by atoms with Crippen molar-refractivity contribution in [3.05, 3.63) is 59.9 Å². The van der Waals surface area contributed by atoms with Gasteiger partial charge in [0, 0.05) is 11.4 Å². The fraction of sp³-hybridized carbons (Fsp3) is 0.0714. The summed E-state index contributed by atoms with van der Waals surface area (Å²) in [6, 6.07) is 14.4. The third-order valence-corrected chi connectivity index (χ3v) is 2.65. The largest absolute Gasteiger partial charge is 0.332 e. The fourth-order valence-corrected chi connectivity index (χ4v) is 1.77. The lowest BCUT2D eigenvalue weighted by molar-refractivity contribution is 0.619. The maximum atomic E-state index is 13.1. The molecule has 2 aromatic rings. The van der Waals surface area contributed by atoms with Gasteiger partial charge in [-0.15, -0.1) is 0 Å². The number of hydrogen-bond acceptors (Lipinski definition) is 1. The van der Waals surface area contributed by atoms with Crippen LogP contribution in [0, 0.1) is 12.7 Å². The zero-order valence-corrected chi connectivity index (χ0v) is 10.7. The monoisotopic (exact) mass is 260 g/mol. The molecular weight excluding hydrogens is 247 g/mol. The predicted molar refractivity (Wildman–Crippen MR) is 77.4 cm³/mol. The number of para-hydroxylation sites is 1. The van der Waals surface area contributed by atoms with E-state index in [1.807, 2.05) is 30.3 Å². The number of rotatable bonds is 2. The molecule has 2 aromatic carbocycles. The Hall–Kier alpha value is -1.94. The van der Waals surface area contributed by atoms with E-state index in [2.05, 4.69) is 10.6 Å². The SMILES string of the molecule is Cc1cc(NC(=S)Nc2ccccc2)ccc1F. The molecular formula is C14H13FN2S. The van der Waals surface area contributed by atoms with Crippen LogP contribution < -0.4 is 10.6 Å². The Morgan fingerprint density at radius 2 is 1.67 bits per heavy atom. The first-order chi connectivity index (χ1) is 8.65. The van der Waals surface area contributed by atoms with Gasteiger partial charge in [-0.05, 0) is 55.0 Å². The first kappa shape index (κ1) is 12.5. The molecule has 0 unspecified atom stereocenters. The van der Waals surface area contributed by atoms with Gasteiger partial charge in [-0.25, -0.2) is 4.39 Å². The zero-order chi connectivity index (χ0) is 13.0. The summed E-state index contributed by atoms with van der Waals surface area (Å²) in [7, 11) is 0. The highest BCUT2D eigenvalue weighted by atomic mass is 32.1. The van der Waals surface area contributed by atoms with Crippen molar-refractivity contribution in [1.29, 1.82) is 0 Å². The summed E-state index contributed by atoms with van der Waals surface area (Å²) >= 11 is 5.18. The minimum absolute atomic E-state index is 0.220. The number of benzene rings is 2. The molecule has 0 aromatic heterocycles. The van der Waals surface area contributed by atoms with E-state index in [1.165, 1.54) is 6.07 Å². The van der Waals surface area contributed by atoms with Gasteiger partial charge in [0.15, 0.2) is 5.11 Å². The third kappa shape index (κ3) is 3.28. The third-order valence-electron chi connectivity index (χ3n) is 2.45. The molecule has 2 nitrogen and oxygen atoms in total. The van der Waals surface area contributed by atoms with Gasteiger partial charge in [0.05, 0.1) is 0 Å². The summed E-state index contributed by atoms with van der Waals surface area (Å²) in [6.45, 7) is 1.72. The lowest BCUT2D eigenvalue weighted by Gasteiger charge is -2.11. The maximum Gasteiger partial charge on any atom is 0.175 e. The highest BCUT2D eigenvalue weighted by Gasteiger charge is 2.01. The van der Waals surface area contributed by atoms with Crippen molar-refractivity contribution in [3.8, 4) is 0 Å². The van der Waals surface area contributed by atoms with Gasteiger partial charge in [0.1, 0.15) is 5.82 Å². The van der Waals surface area contributed by atoms with Gasteiger partial charge >= 0.3 is 0 Å². The molecule has 0 atom stereocenters. The van der Waals surface area contributed by atoms with Crippen molar-refractivity contribution < 1.29 is 4.39 Å². The summed E-state index contributed by atoms with van der Waals surface area (Å²) in [5.74, 6) is -0.220. The highest BCUT2D eigenvalue weighted by molar-refractivity contribution is 7.80. The molecule has 18 heavy (non-hydrogen) atoms. The molecule has 0 fully saturated rings. The summed E-state index contributed by atoms with van der Waals surface area (Å²) in [5.41, 5.74) is 2.26. The summed E-state index contributed by atoms with van der Waals surface area (Å²) < 4.78 is 13.1. The van der Waals surface area contributed by atoms with Gasteiger partial charge in [-0.1, -0.05) is 18.2 Å². The van der Waals surface area contributed by atoms with Crippen LogP contribution in [0.25, 0.3) is 0 Å². The molecule has 2 rings (SSSR count). The summed E-state index contributed by atoms with van der Waals surface area (Å²) in [5, 5.41) is 6.54. The second-order valence-electron chi connectivity index (χ2n) is 3.91. The molecule has 0 spiro atoms. The first-order valence-corrected chi connectivity index (χ1v) is 5.95. The minimum atomic E-state index is -0.220. The second kappa shape index (κ2) is 5.60. The van der Waals surface area contributed by atoms with Crippen LogP contribution in [0.2, 0.25) is 0 Å². The Kier molecular flexibility index (Phi) is 3.89. The van der Waals surface area contributed by atoms with E-state index in [-0.39, 0.29) is 5.82 Å². The van der Waals surface area contributed by atoms with E-state index in [4.69, 9.17) is 12.2 Å². The van der Waals surface area contributed by atoms with Crippen LogP contribution in [0.15, 0.2) is 48.5 Å². The van der Waals surface area contributed by atoms with Crippen LogP contribution in [0.1, 0.15) is 5.56 Å². The zero-order valence-electron chi connectivity index (χ0n) is 9.91. The van der Waals surface area contributed by atoms with Crippen LogP contribution in [0.5, 0.6) is 0 Å². The second-order valence-corrected chi connectivity index (χ2v) is 4.32. The van der Waals surface area contributed by atoms with Crippen molar-refractivity contribution in [3.63, 3.8) is 0 Å². The molecule has 0 radical (unpaired) electrons. The van der Waals surface area contributed by atoms with Crippen LogP contribution in [-0.4, -0.2) is 5.11 Å². The standard InChI is InChI=1S/C14H13FN2S/c1-10-9-12(7-8-13(10)15)17-14(18)16-11-5-3-2-4-6-11/h2-9H,1H3,(H2,16,17,18). The molecule has 0 saturated heterocycles. The number of thiocarbonyl (C=S) groups is 1. The van der Waals surface area contributed by atoms with Crippen LogP contribution in [0.3, 0.4) is 0 Å². The summed E-state index contributed by atoms with van der Waals surface area (Å²) in [6.07, 6.45) is 0. The molecule has 0 saturated carbocycles. The Morgan fingerprint density at radius 3 is 2.33 bits per heavy atom. The van der Waals surface area contributed by atoms with Crippen molar-refractivity contribution >= 4 is 28.7 Å². The van der Waals surface area contributed by atoms with E-state index in [1.54, 1.807) is 19.1 Å². The van der Waals surface area contributed by atoms with Crippen LogP contribution in [0.4, 0.5) is 15.8 Å². The normalized spacial score (nSPS) is 9.89. The lowest BCUT2D eigenvalue weighted by atomic mass is 10.2. The fourth-order valence-electron chi connectivity index (χ4n) is 1.54. The summed E-state index contributed by atoms with van der Waals surface area (Å²) in [4.78, 5) is 0. The lowest BCUT2D eigenvalue weighted by Crippen LogP contribution is -2.19. The Balaban J connectivity index is 2.01. The van der Waals surface area contributed by atoms with Gasteiger partial charge < -0.3 is 10.6 Å².